The molecule has 104 valence electrons. The predicted octanol–water partition coefficient (Wildman–Crippen LogP) is 4.06. The van der Waals surface area contributed by atoms with Gasteiger partial charge in [0, 0.05) is 25.3 Å². The van der Waals surface area contributed by atoms with Crippen LogP contribution in [0.2, 0.25) is 5.02 Å². The molecule has 0 saturated heterocycles. The van der Waals surface area contributed by atoms with Crippen molar-refractivity contribution in [2.75, 3.05) is 25.0 Å². The summed E-state index contributed by atoms with van der Waals surface area (Å²) in [4.78, 5) is 4.36. The van der Waals surface area contributed by atoms with Gasteiger partial charge in [-0.3, -0.25) is 0 Å². The molecule has 0 aromatic heterocycles. The third-order valence-corrected chi connectivity index (χ3v) is 3.94. The van der Waals surface area contributed by atoms with Crippen molar-refractivity contribution in [3.05, 3.63) is 58.9 Å². The van der Waals surface area contributed by atoms with Crippen LogP contribution in [0.1, 0.15) is 5.56 Å². The average molecular weight is 291 g/mol. The second-order valence-corrected chi connectivity index (χ2v) is 5.52. The number of fused-ring (bicyclic) bond motifs is 1. The maximum atomic E-state index is 13.5. The highest BCUT2D eigenvalue weighted by Gasteiger charge is 2.20. The molecule has 20 heavy (non-hydrogen) atoms. The van der Waals surface area contributed by atoms with Crippen LogP contribution in [0.3, 0.4) is 0 Å². The van der Waals surface area contributed by atoms with Crippen LogP contribution in [-0.4, -0.2) is 25.0 Å². The zero-order chi connectivity index (χ0) is 14.1. The van der Waals surface area contributed by atoms with Gasteiger partial charge in [-0.05, 0) is 42.9 Å². The van der Waals surface area contributed by atoms with Crippen LogP contribution in [0, 0.1) is 5.82 Å². The number of hydrogen-bond acceptors (Lipinski definition) is 2. The minimum Gasteiger partial charge on any atom is -0.339 e. The van der Waals surface area contributed by atoms with Crippen molar-refractivity contribution in [1.82, 2.24) is 4.90 Å². The smallest absolute Gasteiger partial charge is 0.123 e. The van der Waals surface area contributed by atoms with Crippen LogP contribution in [0.25, 0.3) is 0 Å². The normalized spacial score (nSPS) is 15.8. The summed E-state index contributed by atoms with van der Waals surface area (Å²) in [6, 6.07) is 12.7. The van der Waals surface area contributed by atoms with Gasteiger partial charge >= 0.3 is 0 Å². The van der Waals surface area contributed by atoms with E-state index in [0.717, 1.165) is 36.6 Å². The summed E-state index contributed by atoms with van der Waals surface area (Å²) in [5.74, 6) is -0.196. The fourth-order valence-corrected chi connectivity index (χ4v) is 2.86. The van der Waals surface area contributed by atoms with E-state index in [1.165, 1.54) is 6.07 Å². The van der Waals surface area contributed by atoms with E-state index in [1.807, 2.05) is 37.4 Å². The number of rotatable bonds is 1. The van der Waals surface area contributed by atoms with E-state index in [-0.39, 0.29) is 5.82 Å². The summed E-state index contributed by atoms with van der Waals surface area (Å²) in [6.07, 6.45) is 0. The van der Waals surface area contributed by atoms with Crippen LogP contribution >= 0.6 is 11.6 Å². The van der Waals surface area contributed by atoms with Crippen LogP contribution in [-0.2, 0) is 6.54 Å². The lowest BCUT2D eigenvalue weighted by Gasteiger charge is -2.25. The van der Waals surface area contributed by atoms with Crippen molar-refractivity contribution in [3.8, 4) is 0 Å². The standard InChI is InChI=1S/C16H16ClFN2/c1-19-8-9-20(16-5-3-2-4-14(16)17)15-7-6-13(18)10-12(15)11-19/h2-7,10H,8-9,11H2,1H3. The fourth-order valence-electron chi connectivity index (χ4n) is 2.63. The van der Waals surface area contributed by atoms with Gasteiger partial charge in [-0.1, -0.05) is 23.7 Å². The molecule has 0 saturated carbocycles. The highest BCUT2D eigenvalue weighted by atomic mass is 35.5. The molecular weight excluding hydrogens is 275 g/mol. The van der Waals surface area contributed by atoms with Gasteiger partial charge in [0.25, 0.3) is 0 Å². The van der Waals surface area contributed by atoms with Crippen LogP contribution in [0.15, 0.2) is 42.5 Å². The lowest BCUT2D eigenvalue weighted by molar-refractivity contribution is 0.343. The maximum Gasteiger partial charge on any atom is 0.123 e. The molecule has 2 aromatic rings. The Labute approximate surface area is 123 Å². The topological polar surface area (TPSA) is 6.48 Å². The van der Waals surface area contributed by atoms with Gasteiger partial charge < -0.3 is 9.80 Å². The molecule has 4 heteroatoms. The Morgan fingerprint density at radius 2 is 1.85 bits per heavy atom. The van der Waals surface area contributed by atoms with Gasteiger partial charge in [0.1, 0.15) is 5.82 Å². The average Bonchev–Trinajstić information content (AvgIpc) is 2.57. The van der Waals surface area contributed by atoms with Crippen molar-refractivity contribution in [2.24, 2.45) is 0 Å². The van der Waals surface area contributed by atoms with E-state index in [0.29, 0.717) is 5.02 Å². The van der Waals surface area contributed by atoms with E-state index in [4.69, 9.17) is 11.6 Å². The number of hydrogen-bond donors (Lipinski definition) is 0. The number of benzene rings is 2. The van der Waals surface area contributed by atoms with Crippen LogP contribution in [0.4, 0.5) is 15.8 Å². The molecule has 0 N–H and O–H groups in total. The molecule has 1 aliphatic rings. The first kappa shape index (κ1) is 13.4. The van der Waals surface area contributed by atoms with Crippen molar-refractivity contribution < 1.29 is 4.39 Å². The first-order valence-electron chi connectivity index (χ1n) is 6.64. The number of para-hydroxylation sites is 1. The zero-order valence-corrected chi connectivity index (χ0v) is 12.1. The van der Waals surface area contributed by atoms with Crippen molar-refractivity contribution in [2.45, 2.75) is 6.54 Å². The summed E-state index contributed by atoms with van der Waals surface area (Å²) in [5, 5.41) is 0.715. The number of nitrogens with zero attached hydrogens (tertiary/aromatic N) is 2. The zero-order valence-electron chi connectivity index (χ0n) is 11.3. The molecule has 0 amide bonds. The molecule has 1 aliphatic heterocycles. The van der Waals surface area contributed by atoms with Crippen molar-refractivity contribution in [1.29, 1.82) is 0 Å². The molecule has 2 aromatic carbocycles. The highest BCUT2D eigenvalue weighted by Crippen LogP contribution is 2.35. The molecule has 1 heterocycles. The van der Waals surface area contributed by atoms with E-state index in [2.05, 4.69) is 9.80 Å². The molecule has 0 aliphatic carbocycles. The second-order valence-electron chi connectivity index (χ2n) is 5.11. The third kappa shape index (κ3) is 2.51. The molecule has 0 unspecified atom stereocenters. The molecule has 0 spiro atoms. The summed E-state index contributed by atoms with van der Waals surface area (Å²) < 4.78 is 13.5. The fraction of sp³-hybridized carbons (Fsp3) is 0.250. The van der Waals surface area contributed by atoms with Crippen molar-refractivity contribution >= 4 is 23.0 Å². The lowest BCUT2D eigenvalue weighted by Crippen LogP contribution is -2.26. The third-order valence-electron chi connectivity index (χ3n) is 3.62. The number of halogens is 2. The largest absolute Gasteiger partial charge is 0.339 e. The number of likely N-dealkylation sites (N-methyl/N-ethyl adjacent to an activating group) is 1. The Morgan fingerprint density at radius 3 is 2.65 bits per heavy atom. The van der Waals surface area contributed by atoms with E-state index in [1.54, 1.807) is 6.07 Å². The molecule has 0 bridgehead atoms. The van der Waals surface area contributed by atoms with Gasteiger partial charge in [0.15, 0.2) is 0 Å². The monoisotopic (exact) mass is 290 g/mol. The van der Waals surface area contributed by atoms with E-state index in [9.17, 15) is 4.39 Å². The van der Waals surface area contributed by atoms with Gasteiger partial charge in [0.2, 0.25) is 0 Å². The Morgan fingerprint density at radius 1 is 1.05 bits per heavy atom. The van der Waals surface area contributed by atoms with Crippen LogP contribution < -0.4 is 4.90 Å². The maximum absolute atomic E-state index is 13.5. The minimum absolute atomic E-state index is 0.196. The predicted molar refractivity (Wildman–Crippen MR) is 81.2 cm³/mol. The first-order chi connectivity index (χ1) is 9.65. The Balaban J connectivity index is 2.11. The molecule has 0 radical (unpaired) electrons. The first-order valence-corrected chi connectivity index (χ1v) is 7.02. The van der Waals surface area contributed by atoms with E-state index < -0.39 is 0 Å². The SMILES string of the molecule is CN1CCN(c2ccccc2Cl)c2ccc(F)cc2C1. The summed E-state index contributed by atoms with van der Waals surface area (Å²) in [7, 11) is 2.05. The molecule has 2 nitrogen and oxygen atoms in total. The van der Waals surface area contributed by atoms with Gasteiger partial charge in [0.05, 0.1) is 10.7 Å². The summed E-state index contributed by atoms with van der Waals surface area (Å²) in [5.41, 5.74) is 2.99. The molecule has 3 rings (SSSR count). The molecule has 0 atom stereocenters. The lowest BCUT2D eigenvalue weighted by atomic mass is 10.1. The summed E-state index contributed by atoms with van der Waals surface area (Å²) >= 11 is 6.32. The number of anilines is 2. The quantitative estimate of drug-likeness (QED) is 0.781. The molecular formula is C16H16ClFN2. The second kappa shape index (κ2) is 5.43. The van der Waals surface area contributed by atoms with Gasteiger partial charge in [-0.25, -0.2) is 4.39 Å². The Bertz CT molecular complexity index is 630. The summed E-state index contributed by atoms with van der Waals surface area (Å²) in [6.45, 7) is 2.48. The highest BCUT2D eigenvalue weighted by molar-refractivity contribution is 6.33. The van der Waals surface area contributed by atoms with Crippen LogP contribution in [0.5, 0.6) is 0 Å². The van der Waals surface area contributed by atoms with Gasteiger partial charge in [-0.15, -0.1) is 0 Å². The Hall–Kier alpha value is -1.58. The van der Waals surface area contributed by atoms with Gasteiger partial charge in [-0.2, -0.15) is 0 Å². The minimum atomic E-state index is -0.196. The Kier molecular flexibility index (Phi) is 3.64. The van der Waals surface area contributed by atoms with Crippen molar-refractivity contribution in [3.63, 3.8) is 0 Å². The van der Waals surface area contributed by atoms with E-state index >= 15 is 0 Å². The molecule has 0 fully saturated rings.